The molecule has 2 saturated heterocycles. The van der Waals surface area contributed by atoms with E-state index < -0.39 is 17.7 Å². The minimum absolute atomic E-state index is 0.107. The maximum atomic E-state index is 13.5. The fourth-order valence-corrected chi connectivity index (χ4v) is 6.93. The number of rotatable bonds is 9. The summed E-state index contributed by atoms with van der Waals surface area (Å²) in [6.45, 7) is 12.6. The van der Waals surface area contributed by atoms with Crippen molar-refractivity contribution in [3.05, 3.63) is 90.4 Å². The van der Waals surface area contributed by atoms with Gasteiger partial charge < -0.3 is 39.8 Å². The number of methoxy groups -OCH3 is 1. The Kier molecular flexibility index (Phi) is 11.8. The van der Waals surface area contributed by atoms with Gasteiger partial charge in [-0.3, -0.25) is 9.59 Å². The van der Waals surface area contributed by atoms with E-state index >= 15 is 0 Å². The average molecular weight is 750 g/mol. The second-order valence-corrected chi connectivity index (χ2v) is 15.3. The number of amides is 4. The van der Waals surface area contributed by atoms with Crippen LogP contribution in [-0.2, 0) is 14.3 Å². The van der Waals surface area contributed by atoms with Gasteiger partial charge in [0.25, 0.3) is 5.91 Å². The number of imidazole rings is 1. The number of nitrogens with one attached hydrogen (secondary N) is 3. The number of nitrogens with zero attached hydrogens (tertiary/aromatic N) is 4. The molecule has 0 aliphatic carbocycles. The number of aromatic amines is 1. The highest BCUT2D eigenvalue weighted by Gasteiger charge is 2.37. The van der Waals surface area contributed by atoms with Crippen LogP contribution in [0, 0.1) is 5.92 Å². The standard InChI is InChI=1S/C42H51N7O6/c1-27(2)36(46-40(52)54-6)39(51)49-21-7-8-35(49)37-43-26-34(45-37)30-13-9-28(10-14-30)29-11-15-31(16-12-29)38(50)44-32-17-19-33(20-18-32)47-22-24-48(25-23-47)41(53)55-42(3,4)5/h9-20,26-27,35-36H,7-8,21-25H2,1-6H3,(H,43,45)(H,44,50)(H,46,52)/t35-,36-/m0/s1. The minimum Gasteiger partial charge on any atom is -0.453 e. The third-order valence-corrected chi connectivity index (χ3v) is 9.94. The zero-order chi connectivity index (χ0) is 39.3. The normalized spacial score (nSPS) is 16.5. The molecule has 3 heterocycles. The molecule has 13 heteroatoms. The van der Waals surface area contributed by atoms with E-state index in [2.05, 4.69) is 25.5 Å². The lowest BCUT2D eigenvalue weighted by molar-refractivity contribution is -0.135. The summed E-state index contributed by atoms with van der Waals surface area (Å²) in [5.74, 6) is 0.264. The summed E-state index contributed by atoms with van der Waals surface area (Å²) in [6, 6.07) is 22.4. The van der Waals surface area contributed by atoms with E-state index in [9.17, 15) is 19.2 Å². The summed E-state index contributed by atoms with van der Waals surface area (Å²) in [5.41, 5.74) is 5.54. The molecule has 2 fully saturated rings. The van der Waals surface area contributed by atoms with Crippen LogP contribution < -0.4 is 15.5 Å². The van der Waals surface area contributed by atoms with Crippen molar-refractivity contribution >= 4 is 35.4 Å². The molecule has 290 valence electrons. The van der Waals surface area contributed by atoms with E-state index in [1.165, 1.54) is 7.11 Å². The highest BCUT2D eigenvalue weighted by molar-refractivity contribution is 6.04. The molecule has 0 radical (unpaired) electrons. The molecule has 3 N–H and O–H groups in total. The molecule has 3 aromatic carbocycles. The number of alkyl carbamates (subject to hydrolysis) is 1. The zero-order valence-corrected chi connectivity index (χ0v) is 32.4. The first-order valence-electron chi connectivity index (χ1n) is 18.8. The lowest BCUT2D eigenvalue weighted by Gasteiger charge is -2.36. The van der Waals surface area contributed by atoms with Crippen LogP contribution in [0.1, 0.15) is 69.7 Å². The average Bonchev–Trinajstić information content (AvgIpc) is 3.87. The second-order valence-electron chi connectivity index (χ2n) is 15.3. The topological polar surface area (TPSA) is 149 Å². The van der Waals surface area contributed by atoms with Gasteiger partial charge in [0, 0.05) is 49.7 Å². The van der Waals surface area contributed by atoms with Crippen molar-refractivity contribution in [2.24, 2.45) is 5.92 Å². The summed E-state index contributed by atoms with van der Waals surface area (Å²) >= 11 is 0. The van der Waals surface area contributed by atoms with Crippen molar-refractivity contribution in [1.82, 2.24) is 25.1 Å². The Hall–Kier alpha value is -5.85. The lowest BCUT2D eigenvalue weighted by atomic mass is 10.0. The van der Waals surface area contributed by atoms with E-state index in [0.29, 0.717) is 49.8 Å². The second kappa shape index (κ2) is 16.7. The molecule has 4 aromatic rings. The Morgan fingerprint density at radius 2 is 1.45 bits per heavy atom. The van der Waals surface area contributed by atoms with Crippen LogP contribution in [0.2, 0.25) is 0 Å². The first-order chi connectivity index (χ1) is 26.3. The molecule has 1 aromatic heterocycles. The Morgan fingerprint density at radius 1 is 0.836 bits per heavy atom. The van der Waals surface area contributed by atoms with Crippen molar-refractivity contribution in [3.8, 4) is 22.4 Å². The highest BCUT2D eigenvalue weighted by Crippen LogP contribution is 2.33. The lowest BCUT2D eigenvalue weighted by Crippen LogP contribution is -2.51. The molecule has 6 rings (SSSR count). The van der Waals surface area contributed by atoms with Crippen LogP contribution in [0.25, 0.3) is 22.4 Å². The molecule has 13 nitrogen and oxygen atoms in total. The third kappa shape index (κ3) is 9.45. The first kappa shape index (κ1) is 38.9. The number of aromatic nitrogens is 2. The fraction of sp³-hybridized carbons (Fsp3) is 0.405. The van der Waals surface area contributed by atoms with Gasteiger partial charge >= 0.3 is 12.2 Å². The first-order valence-corrected chi connectivity index (χ1v) is 18.8. The number of piperazine rings is 1. The fourth-order valence-electron chi connectivity index (χ4n) is 6.93. The van der Waals surface area contributed by atoms with Crippen LogP contribution in [0.5, 0.6) is 0 Å². The quantitative estimate of drug-likeness (QED) is 0.164. The van der Waals surface area contributed by atoms with Gasteiger partial charge in [0.15, 0.2) is 0 Å². The molecular weight excluding hydrogens is 699 g/mol. The molecule has 0 saturated carbocycles. The van der Waals surface area contributed by atoms with Crippen molar-refractivity contribution in [2.75, 3.05) is 50.1 Å². The van der Waals surface area contributed by atoms with Gasteiger partial charge in [0.1, 0.15) is 17.5 Å². The Balaban J connectivity index is 1.02. The summed E-state index contributed by atoms with van der Waals surface area (Å²) in [4.78, 5) is 64.7. The SMILES string of the molecule is COC(=O)N[C@H](C(=O)N1CCC[C@H]1c1ncc(-c2ccc(-c3ccc(C(=O)Nc4ccc(N5CCN(C(=O)OC(C)(C)C)CC5)cc4)cc3)cc2)[nH]1)C(C)C. The smallest absolute Gasteiger partial charge is 0.410 e. The van der Waals surface area contributed by atoms with Gasteiger partial charge in [-0.05, 0) is 92.6 Å². The van der Waals surface area contributed by atoms with Gasteiger partial charge in [-0.15, -0.1) is 0 Å². The number of hydrogen-bond acceptors (Lipinski definition) is 8. The van der Waals surface area contributed by atoms with Crippen LogP contribution >= 0.6 is 0 Å². The third-order valence-electron chi connectivity index (χ3n) is 9.94. The van der Waals surface area contributed by atoms with Gasteiger partial charge in [-0.2, -0.15) is 0 Å². The van der Waals surface area contributed by atoms with Crippen molar-refractivity contribution in [2.45, 2.75) is 65.1 Å². The molecule has 55 heavy (non-hydrogen) atoms. The molecule has 2 atom stereocenters. The van der Waals surface area contributed by atoms with Crippen molar-refractivity contribution in [3.63, 3.8) is 0 Å². The number of hydrogen-bond donors (Lipinski definition) is 3. The van der Waals surface area contributed by atoms with E-state index in [-0.39, 0.29) is 29.9 Å². The molecule has 0 bridgehead atoms. The summed E-state index contributed by atoms with van der Waals surface area (Å²) in [5, 5.41) is 5.67. The number of ether oxygens (including phenoxy) is 2. The van der Waals surface area contributed by atoms with E-state index in [4.69, 9.17) is 9.47 Å². The van der Waals surface area contributed by atoms with E-state index in [0.717, 1.165) is 40.9 Å². The van der Waals surface area contributed by atoms with Crippen LogP contribution in [0.3, 0.4) is 0 Å². The summed E-state index contributed by atoms with van der Waals surface area (Å²) in [7, 11) is 1.29. The zero-order valence-electron chi connectivity index (χ0n) is 32.4. The van der Waals surface area contributed by atoms with Gasteiger partial charge in [-0.25, -0.2) is 14.6 Å². The van der Waals surface area contributed by atoms with Crippen LogP contribution in [-0.4, -0.2) is 95.2 Å². The number of carbonyl (C=O) groups is 4. The largest absolute Gasteiger partial charge is 0.453 e. The van der Waals surface area contributed by atoms with E-state index in [1.807, 2.05) is 107 Å². The van der Waals surface area contributed by atoms with Crippen molar-refractivity contribution < 1.29 is 28.7 Å². The number of anilines is 2. The molecule has 2 aliphatic heterocycles. The van der Waals surface area contributed by atoms with Crippen LogP contribution in [0.15, 0.2) is 79.0 Å². The van der Waals surface area contributed by atoms with Gasteiger partial charge in [-0.1, -0.05) is 50.2 Å². The number of likely N-dealkylation sites (tertiary alicyclic amines) is 1. The Bertz CT molecular complexity index is 1960. The van der Waals surface area contributed by atoms with Crippen molar-refractivity contribution in [1.29, 1.82) is 0 Å². The molecule has 2 aliphatic rings. The summed E-state index contributed by atoms with van der Waals surface area (Å²) < 4.78 is 10.2. The number of H-pyrrole nitrogens is 1. The molecule has 4 amide bonds. The maximum Gasteiger partial charge on any atom is 0.410 e. The molecular formula is C42H51N7O6. The predicted octanol–water partition coefficient (Wildman–Crippen LogP) is 7.10. The number of carbonyl (C=O) groups excluding carboxylic acids is 4. The minimum atomic E-state index is -0.690. The van der Waals surface area contributed by atoms with E-state index in [1.54, 1.807) is 16.0 Å². The van der Waals surface area contributed by atoms with Gasteiger partial charge in [0.2, 0.25) is 5.91 Å². The molecule has 0 spiro atoms. The van der Waals surface area contributed by atoms with Crippen LogP contribution in [0.4, 0.5) is 21.0 Å². The summed E-state index contributed by atoms with van der Waals surface area (Å²) in [6.07, 6.45) is 2.49. The monoisotopic (exact) mass is 749 g/mol. The Morgan fingerprint density at radius 3 is 2.05 bits per heavy atom. The highest BCUT2D eigenvalue weighted by atomic mass is 16.6. The molecule has 0 unspecified atom stereocenters. The maximum absolute atomic E-state index is 13.5. The predicted molar refractivity (Wildman–Crippen MR) is 212 cm³/mol. The van der Waals surface area contributed by atoms with Gasteiger partial charge in [0.05, 0.1) is 25.0 Å². The Labute approximate surface area is 322 Å². The number of benzene rings is 3.